The number of aromatic nitrogens is 1. The van der Waals surface area contributed by atoms with Gasteiger partial charge >= 0.3 is 0 Å². The van der Waals surface area contributed by atoms with Crippen LogP contribution in [0, 0.1) is 5.82 Å². The van der Waals surface area contributed by atoms with Crippen LogP contribution in [0.25, 0.3) is 10.9 Å². The third kappa shape index (κ3) is 2.48. The summed E-state index contributed by atoms with van der Waals surface area (Å²) in [5, 5.41) is 0.806. The van der Waals surface area contributed by atoms with Crippen molar-refractivity contribution in [3.63, 3.8) is 0 Å². The molecule has 0 aliphatic heterocycles. The molecule has 0 atom stereocenters. The molecule has 0 saturated carbocycles. The number of rotatable bonds is 3. The zero-order valence-corrected chi connectivity index (χ0v) is 12.2. The predicted molar refractivity (Wildman–Crippen MR) is 78.2 cm³/mol. The first-order valence-electron chi connectivity index (χ1n) is 5.66. The van der Waals surface area contributed by atoms with Crippen molar-refractivity contribution in [2.45, 2.75) is 6.54 Å². The maximum Gasteiger partial charge on any atom is 0.192 e. The van der Waals surface area contributed by atoms with Crippen molar-refractivity contribution >= 4 is 44.0 Å². The van der Waals surface area contributed by atoms with Gasteiger partial charge in [-0.3, -0.25) is 4.79 Å². The maximum atomic E-state index is 13.1. The first-order valence-corrected chi connectivity index (χ1v) is 7.27. The topological polar surface area (TPSA) is 22.0 Å². The monoisotopic (exact) mass is 337 g/mol. The lowest BCUT2D eigenvalue weighted by Crippen LogP contribution is -2.07. The van der Waals surface area contributed by atoms with Gasteiger partial charge in [-0.15, -0.1) is 11.3 Å². The fourth-order valence-corrected chi connectivity index (χ4v) is 3.32. The molecule has 2 heterocycles. The molecule has 0 radical (unpaired) electrons. The molecule has 0 aliphatic rings. The third-order valence-electron chi connectivity index (χ3n) is 2.90. The molecule has 0 N–H and O–H groups in total. The number of carbonyl (C=O) groups is 1. The number of Topliss-reactive ketones (excluding diaryl/α,β-unsaturated/α-hetero) is 1. The highest BCUT2D eigenvalue weighted by Crippen LogP contribution is 2.24. The standard InChI is InChI=1S/C14H9BrFNOS/c15-14-4-3-13(19-14)12(18)8-17-6-5-9-7-10(16)1-2-11(9)17/h1-7H,8H2. The van der Waals surface area contributed by atoms with E-state index in [0.717, 1.165) is 19.6 Å². The molecule has 0 aliphatic carbocycles. The molecule has 96 valence electrons. The molecule has 0 bridgehead atoms. The van der Waals surface area contributed by atoms with Gasteiger partial charge < -0.3 is 4.57 Å². The minimum absolute atomic E-state index is 0.0533. The van der Waals surface area contributed by atoms with Crippen molar-refractivity contribution in [2.75, 3.05) is 0 Å². The van der Waals surface area contributed by atoms with Crippen LogP contribution in [0.15, 0.2) is 46.4 Å². The minimum Gasteiger partial charge on any atom is -0.340 e. The van der Waals surface area contributed by atoms with E-state index < -0.39 is 0 Å². The van der Waals surface area contributed by atoms with Crippen molar-refractivity contribution in [2.24, 2.45) is 0 Å². The number of hydrogen-bond donors (Lipinski definition) is 0. The van der Waals surface area contributed by atoms with Gasteiger partial charge in [0.2, 0.25) is 0 Å². The summed E-state index contributed by atoms with van der Waals surface area (Å²) in [6.07, 6.45) is 1.81. The Hall–Kier alpha value is -1.46. The van der Waals surface area contributed by atoms with E-state index in [9.17, 15) is 9.18 Å². The van der Waals surface area contributed by atoms with Gasteiger partial charge in [0.1, 0.15) is 5.82 Å². The molecule has 2 nitrogen and oxygen atoms in total. The fraction of sp³-hybridized carbons (Fsp3) is 0.0714. The Kier molecular flexibility index (Phi) is 3.24. The summed E-state index contributed by atoms with van der Waals surface area (Å²) in [6.45, 7) is 0.266. The number of halogens is 2. The second-order valence-corrected chi connectivity index (χ2v) is 6.64. The van der Waals surface area contributed by atoms with Gasteiger partial charge in [-0.05, 0) is 52.3 Å². The van der Waals surface area contributed by atoms with Gasteiger partial charge in [-0.1, -0.05) is 0 Å². The van der Waals surface area contributed by atoms with Gasteiger partial charge in [0.15, 0.2) is 5.78 Å². The van der Waals surface area contributed by atoms with Crippen LogP contribution in [-0.4, -0.2) is 10.4 Å². The molecule has 1 aromatic carbocycles. The van der Waals surface area contributed by atoms with Crippen LogP contribution in [0.1, 0.15) is 9.67 Å². The van der Waals surface area contributed by atoms with Gasteiger partial charge in [0.05, 0.1) is 15.2 Å². The van der Waals surface area contributed by atoms with Crippen molar-refractivity contribution in [1.29, 1.82) is 0 Å². The third-order valence-corrected chi connectivity index (χ3v) is 4.56. The molecule has 2 aromatic heterocycles. The summed E-state index contributed by atoms with van der Waals surface area (Å²) in [7, 11) is 0. The molecular formula is C14H9BrFNOS. The van der Waals surface area contributed by atoms with E-state index in [1.54, 1.807) is 6.07 Å². The average molecular weight is 338 g/mol. The van der Waals surface area contributed by atoms with E-state index in [4.69, 9.17) is 0 Å². The smallest absolute Gasteiger partial charge is 0.192 e. The zero-order valence-electron chi connectivity index (χ0n) is 9.77. The summed E-state index contributed by atoms with van der Waals surface area (Å²) in [6, 6.07) is 10.1. The number of benzene rings is 1. The van der Waals surface area contributed by atoms with Crippen molar-refractivity contribution in [3.8, 4) is 0 Å². The molecule has 0 unspecified atom stereocenters. The Bertz CT molecular complexity index is 762. The van der Waals surface area contributed by atoms with E-state index in [2.05, 4.69) is 15.9 Å². The molecule has 0 saturated heterocycles. The summed E-state index contributed by atoms with van der Waals surface area (Å²) in [4.78, 5) is 12.8. The van der Waals surface area contributed by atoms with Crippen LogP contribution in [-0.2, 0) is 6.54 Å². The van der Waals surface area contributed by atoms with E-state index in [1.165, 1.54) is 23.5 Å². The number of nitrogens with zero attached hydrogens (tertiary/aromatic N) is 1. The molecule has 0 spiro atoms. The molecule has 5 heteroatoms. The SMILES string of the molecule is O=C(Cn1ccc2cc(F)ccc21)c1ccc(Br)s1. The van der Waals surface area contributed by atoms with Crippen molar-refractivity contribution in [1.82, 2.24) is 4.57 Å². The highest BCUT2D eigenvalue weighted by Gasteiger charge is 2.11. The second kappa shape index (κ2) is 4.90. The van der Waals surface area contributed by atoms with Crippen LogP contribution in [0.2, 0.25) is 0 Å². The van der Waals surface area contributed by atoms with Gasteiger partial charge in [0, 0.05) is 17.1 Å². The van der Waals surface area contributed by atoms with Crippen LogP contribution < -0.4 is 0 Å². The van der Waals surface area contributed by atoms with Crippen molar-refractivity contribution in [3.05, 3.63) is 57.1 Å². The highest BCUT2D eigenvalue weighted by atomic mass is 79.9. The molecule has 0 fully saturated rings. The van der Waals surface area contributed by atoms with Crippen LogP contribution >= 0.6 is 27.3 Å². The Balaban J connectivity index is 1.91. The summed E-state index contributed by atoms with van der Waals surface area (Å²) < 4.78 is 15.9. The Labute approximate surface area is 121 Å². The molecular weight excluding hydrogens is 329 g/mol. The normalized spacial score (nSPS) is 11.1. The second-order valence-electron chi connectivity index (χ2n) is 4.17. The lowest BCUT2D eigenvalue weighted by Gasteiger charge is -2.03. The molecule has 0 amide bonds. The van der Waals surface area contributed by atoms with E-state index in [0.29, 0.717) is 0 Å². The maximum absolute atomic E-state index is 13.1. The summed E-state index contributed by atoms with van der Waals surface area (Å²) in [5.74, 6) is -0.212. The highest BCUT2D eigenvalue weighted by molar-refractivity contribution is 9.11. The number of fused-ring (bicyclic) bond motifs is 1. The lowest BCUT2D eigenvalue weighted by atomic mass is 10.2. The quantitative estimate of drug-likeness (QED) is 0.645. The first kappa shape index (κ1) is 12.6. The fourth-order valence-electron chi connectivity index (χ4n) is 2.01. The lowest BCUT2D eigenvalue weighted by molar-refractivity contribution is 0.0977. The predicted octanol–water partition coefficient (Wildman–Crippen LogP) is 4.49. The van der Waals surface area contributed by atoms with E-state index in [-0.39, 0.29) is 18.1 Å². The molecule has 19 heavy (non-hydrogen) atoms. The summed E-state index contributed by atoms with van der Waals surface area (Å²) >= 11 is 4.76. The number of thiophene rings is 1. The van der Waals surface area contributed by atoms with Crippen molar-refractivity contribution < 1.29 is 9.18 Å². The Morgan fingerprint density at radius 2 is 2.11 bits per heavy atom. The minimum atomic E-state index is -0.265. The van der Waals surface area contributed by atoms with Crippen LogP contribution in [0.4, 0.5) is 4.39 Å². The van der Waals surface area contributed by atoms with Crippen LogP contribution in [0.3, 0.4) is 0 Å². The Morgan fingerprint density at radius 1 is 1.26 bits per heavy atom. The number of hydrogen-bond acceptors (Lipinski definition) is 2. The van der Waals surface area contributed by atoms with Gasteiger partial charge in [0.25, 0.3) is 0 Å². The zero-order chi connectivity index (χ0) is 13.4. The van der Waals surface area contributed by atoms with E-state index >= 15 is 0 Å². The van der Waals surface area contributed by atoms with Gasteiger partial charge in [-0.2, -0.15) is 0 Å². The number of carbonyl (C=O) groups excluding carboxylic acids is 1. The molecule has 3 aromatic rings. The van der Waals surface area contributed by atoms with Crippen LogP contribution in [0.5, 0.6) is 0 Å². The largest absolute Gasteiger partial charge is 0.340 e. The Morgan fingerprint density at radius 3 is 2.84 bits per heavy atom. The van der Waals surface area contributed by atoms with E-state index in [1.807, 2.05) is 29.0 Å². The molecule has 3 rings (SSSR count). The average Bonchev–Trinajstić information content (AvgIpc) is 2.96. The van der Waals surface area contributed by atoms with Gasteiger partial charge in [-0.25, -0.2) is 4.39 Å². The first-order chi connectivity index (χ1) is 9.13. The number of ketones is 1. The summed E-state index contributed by atoms with van der Waals surface area (Å²) in [5.41, 5.74) is 0.866.